The molecule has 120 valence electrons. The zero-order valence-corrected chi connectivity index (χ0v) is 12.8. The smallest absolute Gasteiger partial charge is 0.388 e. The van der Waals surface area contributed by atoms with Crippen LogP contribution in [-0.4, -0.2) is 32.8 Å². The molecule has 1 rings (SSSR count). The Morgan fingerprint density at radius 3 is 2.14 bits per heavy atom. The second-order valence-electron chi connectivity index (χ2n) is 5.80. The summed E-state index contributed by atoms with van der Waals surface area (Å²) in [5.74, 6) is -0.109. The molecule has 8 heteroatoms. The van der Waals surface area contributed by atoms with Gasteiger partial charge in [0.25, 0.3) is 0 Å². The minimum Gasteiger partial charge on any atom is -0.388 e. The van der Waals surface area contributed by atoms with Gasteiger partial charge in [-0.3, -0.25) is 0 Å². The number of alkyl halides is 3. The number of halogens is 3. The van der Waals surface area contributed by atoms with Crippen molar-refractivity contribution in [3.05, 3.63) is 11.8 Å². The van der Waals surface area contributed by atoms with E-state index in [1.54, 1.807) is 34.6 Å². The Bertz CT molecular complexity index is 495. The maximum atomic E-state index is 12.9. The molecule has 1 aromatic rings. The average molecular weight is 306 g/mol. The Morgan fingerprint density at radius 2 is 1.71 bits per heavy atom. The minimum absolute atomic E-state index is 0.000370. The third-order valence-electron chi connectivity index (χ3n) is 3.32. The molecule has 0 atom stereocenters. The van der Waals surface area contributed by atoms with Gasteiger partial charge in [-0.25, -0.2) is 4.98 Å². The standard InChI is InChI=1S/C13H21F3N4O/c1-6-17-10-18-8(13(14,15)16)7-9(19-10)20-11(2,3)12(4,5)21/h7,21H,6H2,1-5H3,(H2,17,18,19,20). The molecule has 0 aliphatic rings. The molecule has 0 aliphatic carbocycles. The summed E-state index contributed by atoms with van der Waals surface area (Å²) in [6, 6.07) is 0.828. The van der Waals surface area contributed by atoms with E-state index in [1.165, 1.54) is 0 Å². The summed E-state index contributed by atoms with van der Waals surface area (Å²) in [5, 5.41) is 15.6. The maximum absolute atomic E-state index is 12.9. The van der Waals surface area contributed by atoms with Gasteiger partial charge >= 0.3 is 6.18 Å². The van der Waals surface area contributed by atoms with Crippen LogP contribution in [0, 0.1) is 0 Å². The van der Waals surface area contributed by atoms with Crippen LogP contribution in [-0.2, 0) is 6.18 Å². The summed E-state index contributed by atoms with van der Waals surface area (Å²) in [6.07, 6.45) is -4.57. The van der Waals surface area contributed by atoms with Gasteiger partial charge in [0.2, 0.25) is 5.95 Å². The van der Waals surface area contributed by atoms with E-state index in [2.05, 4.69) is 20.6 Å². The molecule has 0 saturated carbocycles. The third-order valence-corrected chi connectivity index (χ3v) is 3.32. The van der Waals surface area contributed by atoms with Gasteiger partial charge in [0.1, 0.15) is 5.82 Å². The molecule has 0 fully saturated rings. The van der Waals surface area contributed by atoms with Crippen molar-refractivity contribution in [2.24, 2.45) is 0 Å². The van der Waals surface area contributed by atoms with Crippen LogP contribution in [0.5, 0.6) is 0 Å². The van der Waals surface area contributed by atoms with Crippen molar-refractivity contribution in [2.45, 2.75) is 51.9 Å². The number of aromatic nitrogens is 2. The van der Waals surface area contributed by atoms with Crippen molar-refractivity contribution < 1.29 is 18.3 Å². The van der Waals surface area contributed by atoms with E-state index in [0.717, 1.165) is 6.07 Å². The summed E-state index contributed by atoms with van der Waals surface area (Å²) in [7, 11) is 0. The highest BCUT2D eigenvalue weighted by atomic mass is 19.4. The van der Waals surface area contributed by atoms with Gasteiger partial charge < -0.3 is 15.7 Å². The first-order valence-electron chi connectivity index (χ1n) is 6.57. The average Bonchev–Trinajstić information content (AvgIpc) is 2.25. The molecule has 3 N–H and O–H groups in total. The lowest BCUT2D eigenvalue weighted by molar-refractivity contribution is -0.141. The van der Waals surface area contributed by atoms with Gasteiger partial charge in [0, 0.05) is 12.6 Å². The van der Waals surface area contributed by atoms with Crippen LogP contribution in [0.1, 0.15) is 40.3 Å². The number of nitrogens with one attached hydrogen (secondary N) is 2. The van der Waals surface area contributed by atoms with E-state index in [9.17, 15) is 18.3 Å². The largest absolute Gasteiger partial charge is 0.433 e. The molecular weight excluding hydrogens is 285 g/mol. The zero-order chi connectivity index (χ0) is 16.5. The molecule has 0 spiro atoms. The molecule has 0 aromatic carbocycles. The Kier molecular flexibility index (Phi) is 4.72. The monoisotopic (exact) mass is 306 g/mol. The minimum atomic E-state index is -4.57. The number of anilines is 2. The predicted octanol–water partition coefficient (Wildman–Crippen LogP) is 2.89. The molecule has 0 saturated heterocycles. The summed E-state index contributed by atoms with van der Waals surface area (Å²) in [4.78, 5) is 7.43. The van der Waals surface area contributed by atoms with E-state index in [4.69, 9.17) is 0 Å². The summed E-state index contributed by atoms with van der Waals surface area (Å²) in [6.45, 7) is 8.62. The van der Waals surface area contributed by atoms with Crippen LogP contribution in [0.4, 0.5) is 24.9 Å². The lowest BCUT2D eigenvalue weighted by Crippen LogP contribution is -2.51. The summed E-state index contributed by atoms with van der Waals surface area (Å²) >= 11 is 0. The first-order chi connectivity index (χ1) is 9.37. The normalized spacial score (nSPS) is 13.2. The van der Waals surface area contributed by atoms with Crippen molar-refractivity contribution in [1.29, 1.82) is 0 Å². The molecule has 0 amide bonds. The number of aliphatic hydroxyl groups is 1. The fourth-order valence-corrected chi connectivity index (χ4v) is 1.37. The van der Waals surface area contributed by atoms with Gasteiger partial charge in [0.05, 0.1) is 11.1 Å². The molecule has 1 heterocycles. The number of rotatable bonds is 5. The van der Waals surface area contributed by atoms with E-state index >= 15 is 0 Å². The Hall–Kier alpha value is -1.57. The van der Waals surface area contributed by atoms with Crippen molar-refractivity contribution >= 4 is 11.8 Å². The van der Waals surface area contributed by atoms with E-state index in [1.807, 2.05) is 0 Å². The molecule has 21 heavy (non-hydrogen) atoms. The molecule has 0 radical (unpaired) electrons. The van der Waals surface area contributed by atoms with Gasteiger partial charge in [-0.15, -0.1) is 0 Å². The fourth-order valence-electron chi connectivity index (χ4n) is 1.37. The van der Waals surface area contributed by atoms with Crippen molar-refractivity contribution in [2.75, 3.05) is 17.2 Å². The highest BCUT2D eigenvalue weighted by Crippen LogP contribution is 2.31. The first-order valence-corrected chi connectivity index (χ1v) is 6.57. The second kappa shape index (κ2) is 5.67. The number of hydrogen-bond donors (Lipinski definition) is 3. The molecule has 1 aromatic heterocycles. The quantitative estimate of drug-likeness (QED) is 0.780. The SMILES string of the molecule is CCNc1nc(NC(C)(C)C(C)(C)O)cc(C(F)(F)F)n1. The van der Waals surface area contributed by atoms with Gasteiger partial charge in [-0.2, -0.15) is 18.2 Å². The van der Waals surface area contributed by atoms with E-state index < -0.39 is 23.0 Å². The van der Waals surface area contributed by atoms with Crippen molar-refractivity contribution in [3.8, 4) is 0 Å². The summed E-state index contributed by atoms with van der Waals surface area (Å²) < 4.78 is 38.6. The number of nitrogens with zero attached hydrogens (tertiary/aromatic N) is 2. The van der Waals surface area contributed by atoms with Crippen molar-refractivity contribution in [3.63, 3.8) is 0 Å². The Labute approximate surface area is 122 Å². The van der Waals surface area contributed by atoms with Crippen LogP contribution < -0.4 is 10.6 Å². The van der Waals surface area contributed by atoms with Crippen LogP contribution in [0.3, 0.4) is 0 Å². The van der Waals surface area contributed by atoms with Crippen LogP contribution in [0.15, 0.2) is 6.07 Å². The van der Waals surface area contributed by atoms with E-state index in [-0.39, 0.29) is 11.8 Å². The van der Waals surface area contributed by atoms with Crippen molar-refractivity contribution in [1.82, 2.24) is 9.97 Å². The zero-order valence-electron chi connectivity index (χ0n) is 12.8. The lowest BCUT2D eigenvalue weighted by atomic mass is 9.86. The van der Waals surface area contributed by atoms with Gasteiger partial charge in [-0.1, -0.05) is 0 Å². The highest BCUT2D eigenvalue weighted by Gasteiger charge is 2.37. The predicted molar refractivity (Wildman–Crippen MR) is 75.2 cm³/mol. The molecule has 5 nitrogen and oxygen atoms in total. The molecular formula is C13H21F3N4O. The maximum Gasteiger partial charge on any atom is 0.433 e. The van der Waals surface area contributed by atoms with E-state index in [0.29, 0.717) is 6.54 Å². The highest BCUT2D eigenvalue weighted by molar-refractivity contribution is 5.45. The second-order valence-corrected chi connectivity index (χ2v) is 5.80. The fraction of sp³-hybridized carbons (Fsp3) is 0.692. The number of hydrogen-bond acceptors (Lipinski definition) is 5. The van der Waals surface area contributed by atoms with Gasteiger partial charge in [-0.05, 0) is 34.6 Å². The topological polar surface area (TPSA) is 70.1 Å². The third kappa shape index (κ3) is 4.45. The van der Waals surface area contributed by atoms with Crippen LogP contribution >= 0.6 is 0 Å². The van der Waals surface area contributed by atoms with Gasteiger partial charge in [0.15, 0.2) is 5.69 Å². The lowest BCUT2D eigenvalue weighted by Gasteiger charge is -2.38. The van der Waals surface area contributed by atoms with Crippen LogP contribution in [0.2, 0.25) is 0 Å². The Morgan fingerprint density at radius 1 is 1.14 bits per heavy atom. The summed E-state index contributed by atoms with van der Waals surface area (Å²) in [5.41, 5.74) is -3.08. The molecule has 0 unspecified atom stereocenters. The van der Waals surface area contributed by atoms with Crippen LogP contribution in [0.25, 0.3) is 0 Å². The first kappa shape index (κ1) is 17.5. The molecule has 0 aliphatic heterocycles. The molecule has 0 bridgehead atoms. The Balaban J connectivity index is 3.21.